The maximum atomic E-state index is 14.1. The maximum Gasteiger partial charge on any atom is 0.261 e. The Kier molecular flexibility index (Phi) is 6.52. The van der Waals surface area contributed by atoms with Crippen molar-refractivity contribution in [2.24, 2.45) is 0 Å². The zero-order valence-corrected chi connectivity index (χ0v) is 15.8. The summed E-state index contributed by atoms with van der Waals surface area (Å²) in [6, 6.07) is 16.3. The van der Waals surface area contributed by atoms with Crippen LogP contribution in [0.1, 0.15) is 22.8 Å². The fraction of sp³-hybridized carbons (Fsp3) is 0.136. The van der Waals surface area contributed by atoms with E-state index in [0.29, 0.717) is 12.3 Å². The standard InChI is InChI=1S/C22H20FN3O3/c1-2-29-22-17(9-6-12-24-22)21(28)25-16-10-11-18(23)19(14-16)26-20(27)13-15-7-4-3-5-8-15/h3-12,14H,2,13H2,1H3,(H,25,28)(H,26,27). The summed E-state index contributed by atoms with van der Waals surface area (Å²) in [5.74, 6) is -1.19. The van der Waals surface area contributed by atoms with Gasteiger partial charge in [0.05, 0.1) is 18.7 Å². The van der Waals surface area contributed by atoms with Crippen LogP contribution in [0.25, 0.3) is 0 Å². The molecular formula is C22H20FN3O3. The molecule has 7 heteroatoms. The van der Waals surface area contributed by atoms with Crippen molar-refractivity contribution < 1.29 is 18.7 Å². The average molecular weight is 393 g/mol. The molecule has 1 aromatic heterocycles. The van der Waals surface area contributed by atoms with Crippen molar-refractivity contribution >= 4 is 23.2 Å². The van der Waals surface area contributed by atoms with Crippen LogP contribution < -0.4 is 15.4 Å². The van der Waals surface area contributed by atoms with E-state index in [1.54, 1.807) is 19.1 Å². The molecule has 2 amide bonds. The predicted molar refractivity (Wildman–Crippen MR) is 109 cm³/mol. The van der Waals surface area contributed by atoms with Crippen molar-refractivity contribution in [1.82, 2.24) is 4.98 Å². The first-order valence-corrected chi connectivity index (χ1v) is 9.09. The molecule has 0 fully saturated rings. The first kappa shape index (κ1) is 20.0. The van der Waals surface area contributed by atoms with E-state index in [4.69, 9.17) is 4.74 Å². The van der Waals surface area contributed by atoms with Gasteiger partial charge in [0.15, 0.2) is 0 Å². The van der Waals surface area contributed by atoms with Crippen molar-refractivity contribution in [2.45, 2.75) is 13.3 Å². The molecule has 29 heavy (non-hydrogen) atoms. The van der Waals surface area contributed by atoms with Crippen molar-refractivity contribution in [1.29, 1.82) is 0 Å². The van der Waals surface area contributed by atoms with Crippen LogP contribution in [-0.2, 0) is 11.2 Å². The minimum absolute atomic E-state index is 0.0139. The van der Waals surface area contributed by atoms with Gasteiger partial charge in [0.1, 0.15) is 11.4 Å². The summed E-state index contributed by atoms with van der Waals surface area (Å²) in [5, 5.41) is 5.21. The van der Waals surface area contributed by atoms with Crippen molar-refractivity contribution in [2.75, 3.05) is 17.2 Å². The van der Waals surface area contributed by atoms with Gasteiger partial charge in [-0.3, -0.25) is 9.59 Å². The molecule has 1 heterocycles. The normalized spacial score (nSPS) is 10.3. The quantitative estimate of drug-likeness (QED) is 0.635. The number of carbonyl (C=O) groups excluding carboxylic acids is 2. The molecule has 0 bridgehead atoms. The van der Waals surface area contributed by atoms with Crippen molar-refractivity contribution in [3.8, 4) is 5.88 Å². The summed E-state index contributed by atoms with van der Waals surface area (Å²) in [5.41, 5.74) is 1.39. The number of rotatable bonds is 7. The van der Waals surface area contributed by atoms with Gasteiger partial charge in [-0.05, 0) is 42.8 Å². The molecule has 0 radical (unpaired) electrons. The maximum absolute atomic E-state index is 14.1. The van der Waals surface area contributed by atoms with Gasteiger partial charge in [-0.15, -0.1) is 0 Å². The fourth-order valence-electron chi connectivity index (χ4n) is 2.69. The molecular weight excluding hydrogens is 373 g/mol. The lowest BCUT2D eigenvalue weighted by atomic mass is 10.1. The molecule has 0 unspecified atom stereocenters. The van der Waals surface area contributed by atoms with Crippen LogP contribution in [0.3, 0.4) is 0 Å². The lowest BCUT2D eigenvalue weighted by molar-refractivity contribution is -0.115. The number of pyridine rings is 1. The molecule has 2 N–H and O–H groups in total. The van der Waals surface area contributed by atoms with Gasteiger partial charge in [0, 0.05) is 11.9 Å². The number of nitrogens with zero attached hydrogens (tertiary/aromatic N) is 1. The summed E-state index contributed by atoms with van der Waals surface area (Å²) < 4.78 is 19.5. The molecule has 6 nitrogen and oxygen atoms in total. The highest BCUT2D eigenvalue weighted by Gasteiger charge is 2.15. The molecule has 148 valence electrons. The Morgan fingerprint density at radius 3 is 2.59 bits per heavy atom. The van der Waals surface area contributed by atoms with E-state index < -0.39 is 11.7 Å². The third-order valence-corrected chi connectivity index (χ3v) is 4.00. The number of amides is 2. The second-order valence-corrected chi connectivity index (χ2v) is 6.15. The fourth-order valence-corrected chi connectivity index (χ4v) is 2.69. The summed E-state index contributed by atoms with van der Waals surface area (Å²) in [6.07, 6.45) is 1.64. The van der Waals surface area contributed by atoms with E-state index in [9.17, 15) is 14.0 Å². The molecule has 0 spiro atoms. The van der Waals surface area contributed by atoms with Crippen LogP contribution in [0.15, 0.2) is 66.9 Å². The van der Waals surface area contributed by atoms with Crippen LogP contribution in [0, 0.1) is 5.82 Å². The topological polar surface area (TPSA) is 80.3 Å². The number of nitrogens with one attached hydrogen (secondary N) is 2. The van der Waals surface area contributed by atoms with E-state index in [0.717, 1.165) is 5.56 Å². The summed E-state index contributed by atoms with van der Waals surface area (Å²) in [4.78, 5) is 28.8. The third-order valence-electron chi connectivity index (χ3n) is 4.00. The second kappa shape index (κ2) is 9.45. The molecule has 3 rings (SSSR count). The molecule has 0 atom stereocenters. The van der Waals surface area contributed by atoms with Crippen LogP contribution >= 0.6 is 0 Å². The highest BCUT2D eigenvalue weighted by atomic mass is 19.1. The molecule has 0 aliphatic rings. The van der Waals surface area contributed by atoms with Gasteiger partial charge in [0.25, 0.3) is 5.91 Å². The number of hydrogen-bond donors (Lipinski definition) is 2. The Bertz CT molecular complexity index is 1010. The third kappa shape index (κ3) is 5.38. The Morgan fingerprint density at radius 1 is 1.03 bits per heavy atom. The van der Waals surface area contributed by atoms with Crippen LogP contribution in [0.2, 0.25) is 0 Å². The zero-order valence-electron chi connectivity index (χ0n) is 15.8. The molecule has 3 aromatic rings. The van der Waals surface area contributed by atoms with Crippen molar-refractivity contribution in [3.63, 3.8) is 0 Å². The Labute approximate surface area is 167 Å². The van der Waals surface area contributed by atoms with Crippen LogP contribution in [0.4, 0.5) is 15.8 Å². The Morgan fingerprint density at radius 2 is 1.83 bits per heavy atom. The van der Waals surface area contributed by atoms with Gasteiger partial charge in [-0.25, -0.2) is 9.37 Å². The summed E-state index contributed by atoms with van der Waals surface area (Å²) in [7, 11) is 0. The van der Waals surface area contributed by atoms with Gasteiger partial charge in [-0.2, -0.15) is 0 Å². The Balaban J connectivity index is 1.72. The smallest absolute Gasteiger partial charge is 0.261 e. The van der Waals surface area contributed by atoms with E-state index in [1.807, 2.05) is 30.3 Å². The summed E-state index contributed by atoms with van der Waals surface area (Å²) >= 11 is 0. The number of halogens is 1. The minimum atomic E-state index is -0.596. The van der Waals surface area contributed by atoms with E-state index in [1.165, 1.54) is 24.4 Å². The number of aromatic nitrogens is 1. The molecule has 0 aliphatic heterocycles. The predicted octanol–water partition coefficient (Wildman–Crippen LogP) is 4.05. The SMILES string of the molecule is CCOc1ncccc1C(=O)Nc1ccc(F)c(NC(=O)Cc2ccccc2)c1. The van der Waals surface area contributed by atoms with E-state index in [-0.39, 0.29) is 29.5 Å². The monoisotopic (exact) mass is 393 g/mol. The highest BCUT2D eigenvalue weighted by Crippen LogP contribution is 2.22. The highest BCUT2D eigenvalue weighted by molar-refractivity contribution is 6.06. The second-order valence-electron chi connectivity index (χ2n) is 6.15. The average Bonchev–Trinajstić information content (AvgIpc) is 2.72. The molecule has 0 aliphatic carbocycles. The molecule has 0 saturated carbocycles. The zero-order chi connectivity index (χ0) is 20.6. The Hall–Kier alpha value is -3.74. The number of ether oxygens (including phenoxy) is 1. The number of anilines is 2. The van der Waals surface area contributed by atoms with Crippen LogP contribution in [0.5, 0.6) is 5.88 Å². The lowest BCUT2D eigenvalue weighted by Crippen LogP contribution is -2.17. The van der Waals surface area contributed by atoms with Gasteiger partial charge in [0.2, 0.25) is 11.8 Å². The minimum Gasteiger partial charge on any atom is -0.477 e. The van der Waals surface area contributed by atoms with Crippen LogP contribution in [-0.4, -0.2) is 23.4 Å². The number of carbonyl (C=O) groups is 2. The molecule has 2 aromatic carbocycles. The largest absolute Gasteiger partial charge is 0.477 e. The van der Waals surface area contributed by atoms with E-state index in [2.05, 4.69) is 15.6 Å². The number of benzene rings is 2. The first-order chi connectivity index (χ1) is 14.1. The first-order valence-electron chi connectivity index (χ1n) is 9.09. The summed E-state index contributed by atoms with van der Waals surface area (Å²) in [6.45, 7) is 2.16. The molecule has 0 saturated heterocycles. The number of hydrogen-bond acceptors (Lipinski definition) is 4. The van der Waals surface area contributed by atoms with E-state index >= 15 is 0 Å². The van der Waals surface area contributed by atoms with Gasteiger partial charge >= 0.3 is 0 Å². The van der Waals surface area contributed by atoms with Gasteiger partial charge in [-0.1, -0.05) is 30.3 Å². The van der Waals surface area contributed by atoms with Crippen molar-refractivity contribution in [3.05, 3.63) is 83.8 Å². The lowest BCUT2D eigenvalue weighted by Gasteiger charge is -2.11. The van der Waals surface area contributed by atoms with Gasteiger partial charge < -0.3 is 15.4 Å².